The van der Waals surface area contributed by atoms with Crippen LogP contribution in [0.3, 0.4) is 0 Å². The summed E-state index contributed by atoms with van der Waals surface area (Å²) in [5.74, 6) is 1.01. The molecule has 1 unspecified atom stereocenters. The first-order chi connectivity index (χ1) is 16.1. The maximum Gasteiger partial charge on any atom is 0.194 e. The number of hydrogen-bond donors (Lipinski definition) is 2. The predicted molar refractivity (Wildman–Crippen MR) is 137 cm³/mol. The molecular formula is C27H23N3O2S. The van der Waals surface area contributed by atoms with E-state index in [2.05, 4.69) is 5.32 Å². The molecule has 0 aromatic heterocycles. The molecule has 6 heteroatoms. The van der Waals surface area contributed by atoms with E-state index >= 15 is 0 Å². The summed E-state index contributed by atoms with van der Waals surface area (Å²) in [5, 5.41) is 23.3. The van der Waals surface area contributed by atoms with Crippen LogP contribution in [-0.4, -0.2) is 28.0 Å². The zero-order valence-corrected chi connectivity index (χ0v) is 18.9. The number of para-hydroxylation sites is 1. The van der Waals surface area contributed by atoms with Gasteiger partial charge in [0.05, 0.1) is 18.9 Å². The van der Waals surface area contributed by atoms with Crippen LogP contribution >= 0.6 is 12.2 Å². The predicted octanol–water partition coefficient (Wildman–Crippen LogP) is 6.10. The first-order valence-corrected chi connectivity index (χ1v) is 11.1. The summed E-state index contributed by atoms with van der Waals surface area (Å²) in [6.45, 7) is 0. The lowest BCUT2D eigenvalue weighted by molar-refractivity contribution is 0.371. The van der Waals surface area contributed by atoms with Crippen molar-refractivity contribution < 1.29 is 9.84 Å². The topological polar surface area (TPSA) is 57.1 Å². The third-order valence-corrected chi connectivity index (χ3v) is 6.12. The summed E-state index contributed by atoms with van der Waals surface area (Å²) in [6, 6.07) is 29.3. The number of methoxy groups -OCH3 is 1. The number of aromatic hydroxyl groups is 1. The van der Waals surface area contributed by atoms with Gasteiger partial charge < -0.3 is 15.2 Å². The molecule has 0 saturated carbocycles. The number of anilines is 1. The molecule has 0 saturated heterocycles. The van der Waals surface area contributed by atoms with Crippen LogP contribution in [0.2, 0.25) is 0 Å². The van der Waals surface area contributed by atoms with E-state index in [4.69, 9.17) is 22.1 Å². The second kappa shape index (κ2) is 8.92. The Balaban J connectivity index is 1.54. The van der Waals surface area contributed by atoms with Crippen molar-refractivity contribution in [2.24, 2.45) is 5.10 Å². The Morgan fingerprint density at radius 1 is 1.00 bits per heavy atom. The number of phenols is 1. The van der Waals surface area contributed by atoms with E-state index in [1.807, 2.05) is 96.0 Å². The van der Waals surface area contributed by atoms with Gasteiger partial charge in [-0.3, -0.25) is 0 Å². The maximum atomic E-state index is 11.0. The zero-order chi connectivity index (χ0) is 22.8. The molecule has 0 bridgehead atoms. The molecule has 1 atom stereocenters. The van der Waals surface area contributed by atoms with Gasteiger partial charge in [0.25, 0.3) is 0 Å². The zero-order valence-electron chi connectivity index (χ0n) is 18.1. The van der Waals surface area contributed by atoms with Gasteiger partial charge in [-0.05, 0) is 53.5 Å². The number of phenolic OH excluding ortho intramolecular Hbond substituents is 1. The maximum absolute atomic E-state index is 11.0. The van der Waals surface area contributed by atoms with Crippen molar-refractivity contribution in [1.82, 2.24) is 5.01 Å². The molecule has 0 amide bonds. The van der Waals surface area contributed by atoms with Crippen LogP contribution in [0.1, 0.15) is 23.6 Å². The monoisotopic (exact) mass is 453 g/mol. The molecule has 5 rings (SSSR count). The van der Waals surface area contributed by atoms with Crippen LogP contribution in [0.4, 0.5) is 5.69 Å². The van der Waals surface area contributed by atoms with Crippen molar-refractivity contribution in [3.63, 3.8) is 0 Å². The number of hydrogen-bond acceptors (Lipinski definition) is 4. The second-order valence-electron chi connectivity index (χ2n) is 7.87. The Hall–Kier alpha value is -3.90. The van der Waals surface area contributed by atoms with Crippen LogP contribution in [0.25, 0.3) is 10.8 Å². The highest BCUT2D eigenvalue weighted by atomic mass is 32.1. The second-order valence-corrected chi connectivity index (χ2v) is 8.25. The van der Waals surface area contributed by atoms with E-state index in [0.29, 0.717) is 17.1 Å². The SMILES string of the molecule is COc1cccc(C2CC(c3ccc4ccccc4c3O)=NN2C(=S)Nc2ccccc2)c1. The lowest BCUT2D eigenvalue weighted by Gasteiger charge is -2.25. The molecule has 33 heavy (non-hydrogen) atoms. The first kappa shape index (κ1) is 21.0. The number of ether oxygens (including phenoxy) is 1. The summed E-state index contributed by atoms with van der Waals surface area (Å²) < 4.78 is 5.44. The van der Waals surface area contributed by atoms with E-state index in [9.17, 15) is 5.11 Å². The van der Waals surface area contributed by atoms with Crippen molar-refractivity contribution in [1.29, 1.82) is 0 Å². The summed E-state index contributed by atoms with van der Waals surface area (Å²) in [6.07, 6.45) is 0.593. The van der Waals surface area contributed by atoms with Crippen LogP contribution in [0.15, 0.2) is 96.1 Å². The molecule has 2 N–H and O–H groups in total. The molecule has 0 radical (unpaired) electrons. The highest BCUT2D eigenvalue weighted by Crippen LogP contribution is 2.38. The lowest BCUT2D eigenvalue weighted by Crippen LogP contribution is -2.31. The molecular weight excluding hydrogens is 430 g/mol. The largest absolute Gasteiger partial charge is 0.507 e. The van der Waals surface area contributed by atoms with E-state index in [-0.39, 0.29) is 11.8 Å². The molecule has 4 aromatic carbocycles. The van der Waals surface area contributed by atoms with Gasteiger partial charge in [-0.2, -0.15) is 5.10 Å². The van der Waals surface area contributed by atoms with Crippen LogP contribution in [-0.2, 0) is 0 Å². The third kappa shape index (κ3) is 4.13. The molecule has 1 aliphatic heterocycles. The molecule has 1 heterocycles. The van der Waals surface area contributed by atoms with Gasteiger partial charge in [0.1, 0.15) is 11.5 Å². The number of nitrogens with one attached hydrogen (secondary N) is 1. The van der Waals surface area contributed by atoms with E-state index < -0.39 is 0 Å². The Bertz CT molecular complexity index is 1350. The summed E-state index contributed by atoms with van der Waals surface area (Å²) >= 11 is 5.76. The number of nitrogens with zero attached hydrogens (tertiary/aromatic N) is 2. The lowest BCUT2D eigenvalue weighted by atomic mass is 9.96. The van der Waals surface area contributed by atoms with E-state index in [1.165, 1.54) is 0 Å². The van der Waals surface area contributed by atoms with Crippen molar-refractivity contribution in [3.8, 4) is 11.5 Å². The molecule has 1 aliphatic rings. The van der Waals surface area contributed by atoms with Gasteiger partial charge >= 0.3 is 0 Å². The molecule has 0 fully saturated rings. The quantitative estimate of drug-likeness (QED) is 0.366. The van der Waals surface area contributed by atoms with Crippen LogP contribution in [0.5, 0.6) is 11.5 Å². The minimum atomic E-state index is -0.135. The van der Waals surface area contributed by atoms with Gasteiger partial charge in [0, 0.05) is 23.1 Å². The number of hydrazone groups is 1. The number of fused-ring (bicyclic) bond motifs is 1. The molecule has 164 valence electrons. The minimum absolute atomic E-state index is 0.135. The number of thiocarbonyl (C=S) groups is 1. The Kier molecular flexibility index (Phi) is 5.67. The van der Waals surface area contributed by atoms with E-state index in [1.54, 1.807) is 7.11 Å². The average Bonchev–Trinajstić information content (AvgIpc) is 3.30. The van der Waals surface area contributed by atoms with Gasteiger partial charge in [0.2, 0.25) is 0 Å². The summed E-state index contributed by atoms with van der Waals surface area (Å²) in [4.78, 5) is 0. The van der Waals surface area contributed by atoms with Crippen LogP contribution in [0, 0.1) is 0 Å². The Labute approximate surface area is 197 Å². The fourth-order valence-electron chi connectivity index (χ4n) is 4.16. The highest BCUT2D eigenvalue weighted by molar-refractivity contribution is 7.80. The Morgan fingerprint density at radius 3 is 2.61 bits per heavy atom. The molecule has 0 aliphatic carbocycles. The molecule has 5 nitrogen and oxygen atoms in total. The van der Waals surface area contributed by atoms with Crippen molar-refractivity contribution in [2.75, 3.05) is 12.4 Å². The van der Waals surface area contributed by atoms with Crippen LogP contribution < -0.4 is 10.1 Å². The normalized spacial score (nSPS) is 15.4. The van der Waals surface area contributed by atoms with Gasteiger partial charge in [-0.25, -0.2) is 5.01 Å². The first-order valence-electron chi connectivity index (χ1n) is 10.7. The average molecular weight is 454 g/mol. The third-order valence-electron chi connectivity index (χ3n) is 5.83. The molecule has 4 aromatic rings. The van der Waals surface area contributed by atoms with Crippen molar-refractivity contribution in [2.45, 2.75) is 12.5 Å². The fraction of sp³-hybridized carbons (Fsp3) is 0.111. The fourth-order valence-corrected chi connectivity index (χ4v) is 4.44. The summed E-state index contributed by atoms with van der Waals surface area (Å²) in [7, 11) is 1.65. The van der Waals surface area contributed by atoms with Gasteiger partial charge in [0.15, 0.2) is 5.11 Å². The van der Waals surface area contributed by atoms with Crippen molar-refractivity contribution >= 4 is 39.5 Å². The van der Waals surface area contributed by atoms with E-state index in [0.717, 1.165) is 33.5 Å². The van der Waals surface area contributed by atoms with Gasteiger partial charge in [-0.1, -0.05) is 60.7 Å². The minimum Gasteiger partial charge on any atom is -0.507 e. The number of rotatable bonds is 4. The molecule has 0 spiro atoms. The van der Waals surface area contributed by atoms with Crippen molar-refractivity contribution in [3.05, 3.63) is 102 Å². The highest BCUT2D eigenvalue weighted by Gasteiger charge is 2.33. The summed E-state index contributed by atoms with van der Waals surface area (Å²) in [5.41, 5.74) is 3.42. The Morgan fingerprint density at radius 2 is 1.79 bits per heavy atom. The number of benzene rings is 4. The smallest absolute Gasteiger partial charge is 0.194 e. The van der Waals surface area contributed by atoms with Gasteiger partial charge in [-0.15, -0.1) is 0 Å². The standard InChI is InChI=1S/C27H23N3O2S/c1-32-21-12-7-9-19(16-21)25-17-24(23-15-14-18-8-5-6-13-22(18)26(23)31)29-30(25)27(33)28-20-10-3-2-4-11-20/h2-16,25,31H,17H2,1H3,(H,28,33).